The fraction of sp³-hybridized carbons (Fsp3) is 1.00. The highest BCUT2D eigenvalue weighted by Gasteiger charge is 2.28. The van der Waals surface area contributed by atoms with Crippen molar-refractivity contribution in [1.29, 1.82) is 0 Å². The second kappa shape index (κ2) is 6.42. The standard InChI is InChI=1S/C10H18F3NO2/c1-15-9-5-8(6-9)14-3-2-4-16-7-10(11,12)13/h8-9,14H,2-7H2,1H3. The molecular weight excluding hydrogens is 223 g/mol. The van der Waals surface area contributed by atoms with Crippen LogP contribution in [-0.2, 0) is 9.47 Å². The summed E-state index contributed by atoms with van der Waals surface area (Å²) in [4.78, 5) is 0. The minimum atomic E-state index is -4.22. The van der Waals surface area contributed by atoms with Crippen LogP contribution < -0.4 is 5.32 Å². The monoisotopic (exact) mass is 241 g/mol. The van der Waals surface area contributed by atoms with Crippen molar-refractivity contribution in [3.63, 3.8) is 0 Å². The molecule has 1 aliphatic carbocycles. The average Bonchev–Trinajstić information content (AvgIpc) is 2.11. The van der Waals surface area contributed by atoms with E-state index in [1.54, 1.807) is 7.11 Å². The molecule has 0 atom stereocenters. The highest BCUT2D eigenvalue weighted by Crippen LogP contribution is 2.22. The van der Waals surface area contributed by atoms with Gasteiger partial charge in [0.05, 0.1) is 6.10 Å². The SMILES string of the molecule is COC1CC(NCCCOCC(F)(F)F)C1. The highest BCUT2D eigenvalue weighted by atomic mass is 19.4. The molecule has 0 radical (unpaired) electrons. The van der Waals surface area contributed by atoms with Crippen LogP contribution in [0.2, 0.25) is 0 Å². The number of hydrogen-bond acceptors (Lipinski definition) is 3. The van der Waals surface area contributed by atoms with Crippen molar-refractivity contribution in [3.8, 4) is 0 Å². The molecule has 0 aromatic rings. The van der Waals surface area contributed by atoms with Gasteiger partial charge in [-0.25, -0.2) is 0 Å². The molecule has 1 saturated carbocycles. The van der Waals surface area contributed by atoms with E-state index in [1.165, 1.54) is 0 Å². The molecule has 1 fully saturated rings. The number of hydrogen-bond donors (Lipinski definition) is 1. The molecule has 16 heavy (non-hydrogen) atoms. The maximum atomic E-state index is 11.7. The molecule has 1 aliphatic rings. The Bertz CT molecular complexity index is 193. The molecule has 0 aromatic carbocycles. The molecule has 96 valence electrons. The summed E-state index contributed by atoms with van der Waals surface area (Å²) in [6, 6.07) is 0.451. The van der Waals surface area contributed by atoms with Gasteiger partial charge < -0.3 is 14.8 Å². The third kappa shape index (κ3) is 5.67. The van der Waals surface area contributed by atoms with Crippen LogP contribution in [0.15, 0.2) is 0 Å². The summed E-state index contributed by atoms with van der Waals surface area (Å²) in [5.74, 6) is 0. The quantitative estimate of drug-likeness (QED) is 0.688. The molecule has 0 saturated heterocycles. The maximum Gasteiger partial charge on any atom is 0.411 e. The summed E-state index contributed by atoms with van der Waals surface area (Å²) in [5.41, 5.74) is 0. The molecule has 0 amide bonds. The Labute approximate surface area is 93.3 Å². The first-order valence-corrected chi connectivity index (χ1v) is 5.42. The fourth-order valence-electron chi connectivity index (χ4n) is 1.59. The Hall–Kier alpha value is -0.330. The topological polar surface area (TPSA) is 30.5 Å². The summed E-state index contributed by atoms with van der Waals surface area (Å²) in [6.45, 7) is -0.311. The molecule has 0 aliphatic heterocycles. The average molecular weight is 241 g/mol. The van der Waals surface area contributed by atoms with Gasteiger partial charge in [-0.05, 0) is 25.8 Å². The first-order chi connectivity index (χ1) is 7.51. The second-order valence-corrected chi connectivity index (χ2v) is 4.00. The normalized spacial score (nSPS) is 25.5. The highest BCUT2D eigenvalue weighted by molar-refractivity contribution is 4.85. The summed E-state index contributed by atoms with van der Waals surface area (Å²) in [6.07, 6.45) is -1.30. The number of halogens is 3. The first kappa shape index (κ1) is 13.7. The van der Waals surface area contributed by atoms with Crippen molar-refractivity contribution in [3.05, 3.63) is 0 Å². The molecule has 3 nitrogen and oxygen atoms in total. The van der Waals surface area contributed by atoms with Crippen LogP contribution >= 0.6 is 0 Å². The van der Waals surface area contributed by atoms with E-state index < -0.39 is 12.8 Å². The number of nitrogens with one attached hydrogen (secondary N) is 1. The van der Waals surface area contributed by atoms with E-state index in [-0.39, 0.29) is 6.61 Å². The van der Waals surface area contributed by atoms with E-state index >= 15 is 0 Å². The van der Waals surface area contributed by atoms with E-state index in [0.29, 0.717) is 25.1 Å². The Morgan fingerprint density at radius 1 is 1.31 bits per heavy atom. The van der Waals surface area contributed by atoms with Crippen LogP contribution in [0.5, 0.6) is 0 Å². The molecule has 0 spiro atoms. The van der Waals surface area contributed by atoms with Gasteiger partial charge in [-0.3, -0.25) is 0 Å². The lowest BCUT2D eigenvalue weighted by molar-refractivity contribution is -0.174. The van der Waals surface area contributed by atoms with Gasteiger partial charge in [0.1, 0.15) is 6.61 Å². The molecular formula is C10H18F3NO2. The van der Waals surface area contributed by atoms with Crippen LogP contribution in [-0.4, -0.2) is 45.2 Å². The number of alkyl halides is 3. The summed E-state index contributed by atoms with van der Waals surface area (Å²) in [5, 5.41) is 3.24. The molecule has 0 heterocycles. The fourth-order valence-corrected chi connectivity index (χ4v) is 1.59. The van der Waals surface area contributed by atoms with E-state index in [0.717, 1.165) is 12.8 Å². The van der Waals surface area contributed by atoms with Gasteiger partial charge in [0.15, 0.2) is 0 Å². The summed E-state index contributed by atoms with van der Waals surface area (Å²) in [7, 11) is 1.69. The molecule has 1 rings (SSSR count). The first-order valence-electron chi connectivity index (χ1n) is 5.42. The van der Waals surface area contributed by atoms with Gasteiger partial charge in [-0.2, -0.15) is 13.2 Å². The van der Waals surface area contributed by atoms with Crippen molar-refractivity contribution in [2.45, 2.75) is 37.6 Å². The van der Waals surface area contributed by atoms with Crippen molar-refractivity contribution in [2.75, 3.05) is 26.9 Å². The molecule has 0 unspecified atom stereocenters. The predicted octanol–water partition coefficient (Wildman–Crippen LogP) is 1.72. The lowest BCUT2D eigenvalue weighted by Gasteiger charge is -2.34. The van der Waals surface area contributed by atoms with Gasteiger partial charge in [-0.1, -0.05) is 0 Å². The van der Waals surface area contributed by atoms with Gasteiger partial charge in [-0.15, -0.1) is 0 Å². The van der Waals surface area contributed by atoms with E-state index in [2.05, 4.69) is 10.1 Å². The minimum Gasteiger partial charge on any atom is -0.381 e. The van der Waals surface area contributed by atoms with Gasteiger partial charge >= 0.3 is 6.18 Å². The predicted molar refractivity (Wildman–Crippen MR) is 53.3 cm³/mol. The van der Waals surface area contributed by atoms with Crippen molar-refractivity contribution < 1.29 is 22.6 Å². The third-order valence-corrected chi connectivity index (χ3v) is 2.59. The zero-order valence-electron chi connectivity index (χ0n) is 9.35. The van der Waals surface area contributed by atoms with E-state index in [1.807, 2.05) is 0 Å². The Balaban J connectivity index is 1.83. The van der Waals surface area contributed by atoms with E-state index in [4.69, 9.17) is 4.74 Å². The second-order valence-electron chi connectivity index (χ2n) is 4.00. The van der Waals surface area contributed by atoms with Crippen LogP contribution in [0, 0.1) is 0 Å². The van der Waals surface area contributed by atoms with Crippen LogP contribution in [0.3, 0.4) is 0 Å². The lowest BCUT2D eigenvalue weighted by Crippen LogP contribution is -2.45. The Morgan fingerprint density at radius 2 is 2.00 bits per heavy atom. The molecule has 1 N–H and O–H groups in total. The molecule has 0 bridgehead atoms. The van der Waals surface area contributed by atoms with Crippen molar-refractivity contribution in [1.82, 2.24) is 5.32 Å². The zero-order chi connectivity index (χ0) is 12.0. The summed E-state index contributed by atoms with van der Waals surface area (Å²) >= 11 is 0. The van der Waals surface area contributed by atoms with Gasteiger partial charge in [0, 0.05) is 19.8 Å². The van der Waals surface area contributed by atoms with Crippen molar-refractivity contribution >= 4 is 0 Å². The molecule has 6 heteroatoms. The van der Waals surface area contributed by atoms with Crippen molar-refractivity contribution in [2.24, 2.45) is 0 Å². The van der Waals surface area contributed by atoms with Gasteiger partial charge in [0.25, 0.3) is 0 Å². The zero-order valence-corrected chi connectivity index (χ0v) is 9.35. The Kier molecular flexibility index (Phi) is 5.51. The lowest BCUT2D eigenvalue weighted by atomic mass is 9.89. The molecule has 0 aromatic heterocycles. The number of rotatable bonds is 7. The Morgan fingerprint density at radius 3 is 2.56 bits per heavy atom. The largest absolute Gasteiger partial charge is 0.411 e. The van der Waals surface area contributed by atoms with Crippen LogP contribution in [0.1, 0.15) is 19.3 Å². The summed E-state index contributed by atoms with van der Waals surface area (Å²) < 4.78 is 44.6. The van der Waals surface area contributed by atoms with Gasteiger partial charge in [0.2, 0.25) is 0 Å². The van der Waals surface area contributed by atoms with Crippen LogP contribution in [0.25, 0.3) is 0 Å². The number of methoxy groups -OCH3 is 1. The maximum absolute atomic E-state index is 11.7. The minimum absolute atomic E-state index is 0.146. The smallest absolute Gasteiger partial charge is 0.381 e. The number of ether oxygens (including phenoxy) is 2. The van der Waals surface area contributed by atoms with Crippen LogP contribution in [0.4, 0.5) is 13.2 Å². The van der Waals surface area contributed by atoms with E-state index in [9.17, 15) is 13.2 Å². The third-order valence-electron chi connectivity index (χ3n) is 2.59.